The van der Waals surface area contributed by atoms with Gasteiger partial charge in [0, 0.05) is 6.54 Å². The van der Waals surface area contributed by atoms with Gasteiger partial charge in [0.15, 0.2) is 0 Å². The number of hydrogen-bond acceptors (Lipinski definition) is 5. The van der Waals surface area contributed by atoms with Crippen LogP contribution >= 0.6 is 0 Å². The highest BCUT2D eigenvalue weighted by Gasteiger charge is 2.19. The molecule has 2 heterocycles. The molecule has 2 aromatic heterocycles. The number of ether oxygens (including phenoxy) is 1. The maximum absolute atomic E-state index is 13.3. The first-order valence-corrected chi connectivity index (χ1v) is 11.0. The van der Waals surface area contributed by atoms with Crippen molar-refractivity contribution in [1.29, 1.82) is 0 Å². The highest BCUT2D eigenvalue weighted by atomic mass is 19.1. The Bertz CT molecular complexity index is 1620. The van der Waals surface area contributed by atoms with E-state index in [9.17, 15) is 14.0 Å². The van der Waals surface area contributed by atoms with Crippen LogP contribution in [0.1, 0.15) is 16.7 Å². The quantitative estimate of drug-likeness (QED) is 0.406. The Kier molecular flexibility index (Phi) is 5.74. The van der Waals surface area contributed by atoms with Crippen LogP contribution in [0.3, 0.4) is 0 Å². The molecule has 0 saturated heterocycles. The van der Waals surface area contributed by atoms with Gasteiger partial charge in [-0.15, -0.1) is 5.10 Å². The van der Waals surface area contributed by atoms with Gasteiger partial charge < -0.3 is 10.1 Å². The van der Waals surface area contributed by atoms with Crippen molar-refractivity contribution < 1.29 is 13.9 Å². The molecule has 0 aliphatic carbocycles. The van der Waals surface area contributed by atoms with Crippen molar-refractivity contribution in [2.24, 2.45) is 0 Å². The lowest BCUT2D eigenvalue weighted by atomic mass is 10.1. The molecule has 5 rings (SSSR count). The molecule has 0 aliphatic heterocycles. The molecule has 0 spiro atoms. The Morgan fingerprint density at radius 3 is 2.60 bits per heavy atom. The fourth-order valence-corrected chi connectivity index (χ4v) is 3.78. The monoisotopic (exact) mass is 471 g/mol. The van der Waals surface area contributed by atoms with E-state index in [1.165, 1.54) is 16.5 Å². The van der Waals surface area contributed by atoms with Gasteiger partial charge in [-0.25, -0.2) is 23.3 Å². The van der Waals surface area contributed by atoms with Crippen LogP contribution in [0.15, 0.2) is 71.5 Å². The normalized spacial score (nSPS) is 11.2. The maximum atomic E-state index is 13.3. The summed E-state index contributed by atoms with van der Waals surface area (Å²) >= 11 is 0. The molecule has 1 amide bonds. The minimum atomic E-state index is -0.485. The third-order valence-corrected chi connectivity index (χ3v) is 5.83. The van der Waals surface area contributed by atoms with Gasteiger partial charge in [-0.05, 0) is 60.9 Å². The second kappa shape index (κ2) is 9.02. The summed E-state index contributed by atoms with van der Waals surface area (Å²) in [7, 11) is 0. The largest absolute Gasteiger partial charge is 0.436 e. The predicted octanol–water partition coefficient (Wildman–Crippen LogP) is 3.91. The number of fused-ring (bicyclic) bond motifs is 3. The van der Waals surface area contributed by atoms with Crippen molar-refractivity contribution in [3.8, 4) is 11.6 Å². The molecule has 0 bridgehead atoms. The zero-order valence-electron chi connectivity index (χ0n) is 19.2. The van der Waals surface area contributed by atoms with E-state index in [2.05, 4.69) is 15.4 Å². The molecule has 1 N–H and O–H groups in total. The minimum Gasteiger partial charge on any atom is -0.436 e. The molecule has 0 aliphatic rings. The molecule has 3 aromatic carbocycles. The number of amides is 1. The predicted molar refractivity (Wildman–Crippen MR) is 129 cm³/mol. The molecular formula is C26H22FN5O3. The van der Waals surface area contributed by atoms with Crippen LogP contribution in [0.2, 0.25) is 0 Å². The van der Waals surface area contributed by atoms with Crippen molar-refractivity contribution in [1.82, 2.24) is 24.5 Å². The number of para-hydroxylation sites is 2. The SMILES string of the molecule is Cc1cccc(Oc2nc3ccccc3n3c(=O)n(CC(=O)NCc4ccc(F)cc4)nc23)c1C. The summed E-state index contributed by atoms with van der Waals surface area (Å²) in [6.45, 7) is 3.83. The Labute approximate surface area is 199 Å². The van der Waals surface area contributed by atoms with Crippen LogP contribution in [-0.2, 0) is 17.9 Å². The molecule has 5 aromatic rings. The lowest BCUT2D eigenvalue weighted by molar-refractivity contribution is -0.122. The zero-order chi connectivity index (χ0) is 24.5. The Hall–Kier alpha value is -4.53. The van der Waals surface area contributed by atoms with Crippen molar-refractivity contribution >= 4 is 22.6 Å². The molecule has 0 fully saturated rings. The molecule has 0 radical (unpaired) electrons. The topological polar surface area (TPSA) is 90.5 Å². The lowest BCUT2D eigenvalue weighted by Gasteiger charge is -2.11. The summed E-state index contributed by atoms with van der Waals surface area (Å²) in [5, 5.41) is 7.11. The van der Waals surface area contributed by atoms with Crippen molar-refractivity contribution in [3.05, 3.63) is 99.7 Å². The first-order chi connectivity index (χ1) is 16.9. The lowest BCUT2D eigenvalue weighted by Crippen LogP contribution is -2.32. The van der Waals surface area contributed by atoms with Crippen LogP contribution in [-0.4, -0.2) is 25.1 Å². The van der Waals surface area contributed by atoms with Gasteiger partial charge in [-0.3, -0.25) is 4.79 Å². The second-order valence-corrected chi connectivity index (χ2v) is 8.21. The standard InChI is InChI=1S/C26H22FN5O3/c1-16-6-5-9-22(17(16)2)35-25-24-30-31(15-23(33)28-14-18-10-12-19(27)13-11-18)26(34)32(24)21-8-4-3-7-20(21)29-25/h3-13H,14-15H2,1-2H3,(H,28,33). The van der Waals surface area contributed by atoms with E-state index in [1.807, 2.05) is 38.1 Å². The summed E-state index contributed by atoms with van der Waals surface area (Å²) in [6, 6.07) is 18.7. The summed E-state index contributed by atoms with van der Waals surface area (Å²) in [6.07, 6.45) is 0. The number of aryl methyl sites for hydroxylation is 1. The third-order valence-electron chi connectivity index (χ3n) is 5.83. The molecular weight excluding hydrogens is 449 g/mol. The van der Waals surface area contributed by atoms with Crippen molar-refractivity contribution in [3.63, 3.8) is 0 Å². The Balaban J connectivity index is 1.50. The van der Waals surface area contributed by atoms with E-state index in [4.69, 9.17) is 4.74 Å². The number of nitrogens with one attached hydrogen (secondary N) is 1. The van der Waals surface area contributed by atoms with Crippen LogP contribution < -0.4 is 15.7 Å². The van der Waals surface area contributed by atoms with Gasteiger partial charge in [0.2, 0.25) is 11.6 Å². The van der Waals surface area contributed by atoms with Crippen LogP contribution in [0, 0.1) is 19.7 Å². The van der Waals surface area contributed by atoms with E-state index in [-0.39, 0.29) is 30.4 Å². The number of nitrogens with zero attached hydrogens (tertiary/aromatic N) is 4. The van der Waals surface area contributed by atoms with Crippen LogP contribution in [0.5, 0.6) is 11.6 Å². The Morgan fingerprint density at radius 2 is 1.80 bits per heavy atom. The average molecular weight is 471 g/mol. The molecule has 8 nitrogen and oxygen atoms in total. The summed E-state index contributed by atoms with van der Waals surface area (Å²) in [4.78, 5) is 30.4. The van der Waals surface area contributed by atoms with E-state index >= 15 is 0 Å². The number of halogens is 1. The zero-order valence-corrected chi connectivity index (χ0v) is 19.2. The molecule has 0 saturated carbocycles. The number of carbonyl (C=O) groups is 1. The smallest absolute Gasteiger partial charge is 0.351 e. The first kappa shape index (κ1) is 22.3. The number of hydrogen-bond donors (Lipinski definition) is 1. The van der Waals surface area contributed by atoms with Gasteiger partial charge in [0.25, 0.3) is 5.88 Å². The molecule has 0 atom stereocenters. The number of aromatic nitrogens is 4. The fourth-order valence-electron chi connectivity index (χ4n) is 3.78. The molecule has 9 heteroatoms. The summed E-state index contributed by atoms with van der Waals surface area (Å²) in [5.74, 6) is 0.0128. The van der Waals surface area contributed by atoms with E-state index in [0.717, 1.165) is 21.4 Å². The first-order valence-electron chi connectivity index (χ1n) is 11.0. The minimum absolute atomic E-state index is 0.167. The average Bonchev–Trinajstić information content (AvgIpc) is 3.18. The number of carbonyl (C=O) groups excluding carboxylic acids is 1. The van der Waals surface area contributed by atoms with Gasteiger partial charge in [-0.1, -0.05) is 36.4 Å². The van der Waals surface area contributed by atoms with Gasteiger partial charge in [0.1, 0.15) is 18.1 Å². The fraction of sp³-hybridized carbons (Fsp3) is 0.154. The van der Waals surface area contributed by atoms with Crippen LogP contribution in [0.4, 0.5) is 4.39 Å². The summed E-state index contributed by atoms with van der Waals surface area (Å²) < 4.78 is 21.7. The highest BCUT2D eigenvalue weighted by Crippen LogP contribution is 2.29. The van der Waals surface area contributed by atoms with Gasteiger partial charge in [0.05, 0.1) is 11.0 Å². The summed E-state index contributed by atoms with van der Waals surface area (Å²) in [5.41, 5.74) is 3.58. The van der Waals surface area contributed by atoms with Crippen LogP contribution in [0.25, 0.3) is 16.7 Å². The number of rotatable bonds is 6. The van der Waals surface area contributed by atoms with Crippen molar-refractivity contribution in [2.75, 3.05) is 0 Å². The maximum Gasteiger partial charge on any atom is 0.351 e. The molecule has 176 valence electrons. The third kappa shape index (κ3) is 4.35. The highest BCUT2D eigenvalue weighted by molar-refractivity contribution is 5.80. The Morgan fingerprint density at radius 1 is 1.03 bits per heavy atom. The van der Waals surface area contributed by atoms with Gasteiger partial charge >= 0.3 is 5.69 Å². The van der Waals surface area contributed by atoms with E-state index in [1.54, 1.807) is 30.3 Å². The van der Waals surface area contributed by atoms with E-state index in [0.29, 0.717) is 16.8 Å². The second-order valence-electron chi connectivity index (χ2n) is 8.21. The van der Waals surface area contributed by atoms with E-state index < -0.39 is 11.6 Å². The van der Waals surface area contributed by atoms with Crippen molar-refractivity contribution in [2.45, 2.75) is 26.9 Å². The number of benzene rings is 3. The van der Waals surface area contributed by atoms with Gasteiger partial charge in [-0.2, -0.15) is 0 Å². The molecule has 35 heavy (non-hydrogen) atoms. The molecule has 0 unspecified atom stereocenters.